The van der Waals surface area contributed by atoms with Crippen molar-refractivity contribution in [2.24, 2.45) is 11.3 Å². The lowest BCUT2D eigenvalue weighted by Gasteiger charge is -2.37. The van der Waals surface area contributed by atoms with Gasteiger partial charge < -0.3 is 21.1 Å². The molecule has 0 radical (unpaired) electrons. The van der Waals surface area contributed by atoms with E-state index in [1.165, 1.54) is 30.3 Å². The maximum Gasteiger partial charge on any atom is 0.237 e. The third-order valence-corrected chi connectivity index (χ3v) is 9.23. The standard InChI is InChI=1S/C30H35Cl2F2N3O3/c1-29(2,3)14-24-30(18-12-22(34)20(32)13-23(18)36-28(30)40)25(16-5-7-21(33)19(31)11-16)26(37-24)27(39)35-9-8-15-4-6-17(38)10-15/h5,7,11-13,15,17,24-26,37-38H,4,6,8-10,14H2,1-3H3,(H,35,39)(H,36,40)/t15-,17-,24-,25+,26?,30+/m1/s1. The van der Waals surface area contributed by atoms with Gasteiger partial charge in [-0.25, -0.2) is 8.78 Å². The first-order chi connectivity index (χ1) is 18.8. The number of amides is 2. The summed E-state index contributed by atoms with van der Waals surface area (Å²) >= 11 is 12.3. The van der Waals surface area contributed by atoms with E-state index >= 15 is 0 Å². The summed E-state index contributed by atoms with van der Waals surface area (Å²) in [6.07, 6.45) is 3.32. The third kappa shape index (κ3) is 5.24. The molecule has 6 nitrogen and oxygen atoms in total. The van der Waals surface area contributed by atoms with E-state index in [-0.39, 0.29) is 33.4 Å². The van der Waals surface area contributed by atoms with Crippen molar-refractivity contribution in [2.75, 3.05) is 11.9 Å². The molecule has 216 valence electrons. The molecule has 10 heteroatoms. The van der Waals surface area contributed by atoms with Gasteiger partial charge in [0.2, 0.25) is 11.8 Å². The van der Waals surface area contributed by atoms with Crippen molar-refractivity contribution in [1.29, 1.82) is 0 Å². The molecule has 1 aliphatic carbocycles. The molecule has 3 aliphatic rings. The highest BCUT2D eigenvalue weighted by Gasteiger charge is 2.66. The van der Waals surface area contributed by atoms with E-state index in [1.807, 2.05) is 20.8 Å². The Labute approximate surface area is 243 Å². The van der Waals surface area contributed by atoms with E-state index < -0.39 is 35.1 Å². The number of hydrogen-bond donors (Lipinski definition) is 4. The highest BCUT2D eigenvalue weighted by molar-refractivity contribution is 6.31. The average molecular weight is 595 g/mol. The zero-order chi connectivity index (χ0) is 29.0. The van der Waals surface area contributed by atoms with Crippen molar-refractivity contribution in [3.05, 3.63) is 63.1 Å². The maximum atomic E-state index is 15.0. The maximum absolute atomic E-state index is 15.0. The number of carbonyl (C=O) groups is 2. The Morgan fingerprint density at radius 3 is 2.50 bits per heavy atom. The van der Waals surface area contributed by atoms with Crippen LogP contribution >= 0.6 is 23.2 Å². The number of aliphatic hydroxyl groups excluding tert-OH is 1. The Morgan fingerprint density at radius 1 is 1.12 bits per heavy atom. The van der Waals surface area contributed by atoms with E-state index in [2.05, 4.69) is 16.0 Å². The second kappa shape index (κ2) is 10.9. The van der Waals surface area contributed by atoms with Crippen molar-refractivity contribution in [3.63, 3.8) is 0 Å². The minimum absolute atomic E-state index is 0.123. The zero-order valence-corrected chi connectivity index (χ0v) is 24.3. The summed E-state index contributed by atoms with van der Waals surface area (Å²) in [6.45, 7) is 6.51. The number of anilines is 1. The molecule has 0 bridgehead atoms. The Kier molecular flexibility index (Phi) is 7.94. The fourth-order valence-electron chi connectivity index (χ4n) is 6.96. The van der Waals surface area contributed by atoms with Gasteiger partial charge in [-0.15, -0.1) is 0 Å². The smallest absolute Gasteiger partial charge is 0.237 e. The molecule has 2 aromatic carbocycles. The lowest BCUT2D eigenvalue weighted by atomic mass is 9.62. The number of hydrogen-bond acceptors (Lipinski definition) is 4. The number of nitrogens with one attached hydrogen (secondary N) is 3. The molecule has 1 unspecified atom stereocenters. The normalized spacial score (nSPS) is 29.6. The Balaban J connectivity index is 1.60. The molecular formula is C30H35Cl2F2N3O3. The quantitative estimate of drug-likeness (QED) is 0.346. The van der Waals surface area contributed by atoms with E-state index in [0.717, 1.165) is 25.7 Å². The Morgan fingerprint density at radius 2 is 1.85 bits per heavy atom. The van der Waals surface area contributed by atoms with Gasteiger partial charge >= 0.3 is 0 Å². The molecule has 40 heavy (non-hydrogen) atoms. The van der Waals surface area contributed by atoms with Gasteiger partial charge in [0.15, 0.2) is 0 Å². The first kappa shape index (κ1) is 29.2. The van der Waals surface area contributed by atoms with Crippen LogP contribution in [0.4, 0.5) is 14.5 Å². The summed E-state index contributed by atoms with van der Waals surface area (Å²) in [5.41, 5.74) is -0.379. The predicted molar refractivity (Wildman–Crippen MR) is 152 cm³/mol. The van der Waals surface area contributed by atoms with Gasteiger partial charge in [-0.05, 0) is 78.8 Å². The fraction of sp³-hybridized carbons (Fsp3) is 0.533. The van der Waals surface area contributed by atoms with Gasteiger partial charge in [0, 0.05) is 24.2 Å². The summed E-state index contributed by atoms with van der Waals surface area (Å²) in [6, 6.07) is 5.41. The van der Waals surface area contributed by atoms with Crippen LogP contribution in [0.5, 0.6) is 0 Å². The monoisotopic (exact) mass is 593 g/mol. The van der Waals surface area contributed by atoms with E-state index in [4.69, 9.17) is 23.2 Å². The number of carbonyl (C=O) groups excluding carboxylic acids is 2. The lowest BCUT2D eigenvalue weighted by molar-refractivity contribution is -0.123. The van der Waals surface area contributed by atoms with Crippen molar-refractivity contribution in [3.8, 4) is 0 Å². The highest BCUT2D eigenvalue weighted by atomic mass is 35.5. The number of benzene rings is 2. The number of rotatable bonds is 6. The molecule has 4 N–H and O–H groups in total. The van der Waals surface area contributed by atoms with Crippen LogP contribution in [0.15, 0.2) is 30.3 Å². The van der Waals surface area contributed by atoms with Crippen LogP contribution in [-0.2, 0) is 15.0 Å². The van der Waals surface area contributed by atoms with Crippen molar-refractivity contribution >= 4 is 40.7 Å². The molecule has 2 amide bonds. The van der Waals surface area contributed by atoms with Crippen molar-refractivity contribution < 1.29 is 23.5 Å². The number of aliphatic hydroxyl groups is 1. The van der Waals surface area contributed by atoms with Crippen LogP contribution in [0, 0.1) is 23.0 Å². The summed E-state index contributed by atoms with van der Waals surface area (Å²) in [7, 11) is 0. The van der Waals surface area contributed by atoms with E-state index in [9.17, 15) is 23.5 Å². The number of halogens is 4. The van der Waals surface area contributed by atoms with E-state index in [1.54, 1.807) is 0 Å². The van der Waals surface area contributed by atoms with Crippen LogP contribution in [0.2, 0.25) is 10.0 Å². The summed E-state index contributed by atoms with van der Waals surface area (Å²) in [4.78, 5) is 28.0. The minimum atomic E-state index is -1.40. The topological polar surface area (TPSA) is 90.5 Å². The molecule has 2 fully saturated rings. The molecule has 1 saturated heterocycles. The van der Waals surface area contributed by atoms with Crippen LogP contribution in [-0.4, -0.2) is 41.7 Å². The predicted octanol–water partition coefficient (Wildman–Crippen LogP) is 5.69. The SMILES string of the molecule is CC(C)(C)C[C@H]1NC(C(=O)NCC[C@H]2CC[C@@H](O)C2)[C@H](c2ccc(F)c(Cl)c2)[C@@]12C(=O)Nc1cc(Cl)c(F)cc12. The third-order valence-electron chi connectivity index (χ3n) is 8.65. The van der Waals surface area contributed by atoms with Crippen LogP contribution < -0.4 is 16.0 Å². The Bertz CT molecular complexity index is 1330. The second-order valence-corrected chi connectivity index (χ2v) is 13.5. The summed E-state index contributed by atoms with van der Waals surface area (Å²) in [5, 5.41) is 19.0. The van der Waals surface area contributed by atoms with Gasteiger partial charge in [-0.2, -0.15) is 0 Å². The average Bonchev–Trinajstić information content (AvgIpc) is 3.51. The molecule has 1 saturated carbocycles. The second-order valence-electron chi connectivity index (χ2n) is 12.7. The first-order valence-electron chi connectivity index (χ1n) is 13.8. The van der Waals surface area contributed by atoms with E-state index in [0.29, 0.717) is 35.7 Å². The first-order valence-corrected chi connectivity index (χ1v) is 14.5. The van der Waals surface area contributed by atoms with Gasteiger partial charge in [-0.1, -0.05) is 50.0 Å². The molecule has 2 aromatic rings. The van der Waals surface area contributed by atoms with Crippen LogP contribution in [0.3, 0.4) is 0 Å². The van der Waals surface area contributed by atoms with Gasteiger partial charge in [-0.3, -0.25) is 9.59 Å². The largest absolute Gasteiger partial charge is 0.393 e. The number of fused-ring (bicyclic) bond motifs is 2. The molecule has 2 heterocycles. The molecule has 6 atom stereocenters. The molecule has 2 aliphatic heterocycles. The molecule has 0 aromatic heterocycles. The van der Waals surface area contributed by atoms with Crippen molar-refractivity contribution in [2.45, 2.75) is 82.4 Å². The van der Waals surface area contributed by atoms with Crippen LogP contribution in [0.25, 0.3) is 0 Å². The highest BCUT2D eigenvalue weighted by Crippen LogP contribution is 2.57. The van der Waals surface area contributed by atoms with Gasteiger partial charge in [0.05, 0.1) is 22.2 Å². The lowest BCUT2D eigenvalue weighted by Crippen LogP contribution is -2.49. The molecular weight excluding hydrogens is 559 g/mol. The van der Waals surface area contributed by atoms with Crippen LogP contribution in [0.1, 0.15) is 69.9 Å². The zero-order valence-electron chi connectivity index (χ0n) is 22.8. The molecule has 5 rings (SSSR count). The summed E-state index contributed by atoms with van der Waals surface area (Å²) < 4.78 is 29.3. The molecule has 1 spiro atoms. The fourth-order valence-corrected chi connectivity index (χ4v) is 7.31. The van der Waals surface area contributed by atoms with Gasteiger partial charge in [0.1, 0.15) is 17.0 Å². The minimum Gasteiger partial charge on any atom is -0.393 e. The van der Waals surface area contributed by atoms with Gasteiger partial charge in [0.25, 0.3) is 0 Å². The Hall–Kier alpha value is -2.26. The summed E-state index contributed by atoms with van der Waals surface area (Å²) in [5.74, 6) is -2.48. The van der Waals surface area contributed by atoms with Crippen molar-refractivity contribution in [1.82, 2.24) is 10.6 Å².